The van der Waals surface area contributed by atoms with E-state index in [1.165, 1.54) is 16.0 Å². The average molecular weight is 346 g/mol. The molecule has 1 aromatic rings. The number of urea groups is 1. The van der Waals surface area contributed by atoms with Crippen LogP contribution in [0.4, 0.5) is 4.79 Å². The van der Waals surface area contributed by atoms with Crippen LogP contribution in [0.15, 0.2) is 24.3 Å². The number of nitrogens with two attached hydrogens (primary N) is 1. The molecule has 1 aliphatic rings. The lowest BCUT2D eigenvalue weighted by Gasteiger charge is -2.25. The van der Waals surface area contributed by atoms with Gasteiger partial charge in [0.2, 0.25) is 0 Å². The summed E-state index contributed by atoms with van der Waals surface area (Å²) in [6, 6.07) is 8.40. The molecule has 3 N–H and O–H groups in total. The lowest BCUT2D eigenvalue weighted by molar-refractivity contribution is -0.719. The summed E-state index contributed by atoms with van der Waals surface area (Å²) in [4.78, 5) is 25.6. The molecule has 3 atom stereocenters. The largest absolute Gasteiger partial charge is 0.336 e. The Bertz CT molecular complexity index is 597. The van der Waals surface area contributed by atoms with E-state index in [1.807, 2.05) is 6.92 Å². The number of carbonyl (C=O) groups is 2. The second kappa shape index (κ2) is 8.48. The molecule has 2 rings (SSSR count). The number of benzene rings is 1. The number of amides is 3. The minimum absolute atomic E-state index is 0.114. The van der Waals surface area contributed by atoms with Crippen molar-refractivity contribution in [2.24, 2.45) is 5.92 Å². The summed E-state index contributed by atoms with van der Waals surface area (Å²) in [5.41, 5.74) is 2.58. The third-order valence-corrected chi connectivity index (χ3v) is 5.23. The van der Waals surface area contributed by atoms with Crippen LogP contribution in [0.5, 0.6) is 0 Å². The quantitative estimate of drug-likeness (QED) is 0.796. The van der Waals surface area contributed by atoms with E-state index in [0.29, 0.717) is 24.9 Å². The van der Waals surface area contributed by atoms with E-state index in [4.69, 9.17) is 0 Å². The Labute approximate surface area is 151 Å². The molecule has 0 spiro atoms. The normalized spacial score (nSPS) is 18.2. The van der Waals surface area contributed by atoms with Gasteiger partial charge in [0.25, 0.3) is 5.91 Å². The van der Waals surface area contributed by atoms with Crippen molar-refractivity contribution < 1.29 is 14.9 Å². The molecule has 1 heterocycles. The molecular weight excluding hydrogens is 314 g/mol. The Morgan fingerprint density at radius 3 is 2.24 bits per heavy atom. The first-order valence-corrected chi connectivity index (χ1v) is 9.39. The summed E-state index contributed by atoms with van der Waals surface area (Å²) in [6.07, 6.45) is 1.13. The van der Waals surface area contributed by atoms with Crippen LogP contribution >= 0.6 is 0 Å². The van der Waals surface area contributed by atoms with Gasteiger partial charge in [-0.2, -0.15) is 0 Å². The van der Waals surface area contributed by atoms with Crippen molar-refractivity contribution in [1.29, 1.82) is 0 Å². The molecule has 1 aliphatic heterocycles. The maximum Gasteiger partial charge on any atom is 0.324 e. The monoisotopic (exact) mass is 346 g/mol. The Hall–Kier alpha value is -1.88. The minimum atomic E-state index is -0.287. The van der Waals surface area contributed by atoms with Crippen LogP contribution in [0.2, 0.25) is 0 Å². The molecule has 1 aromatic carbocycles. The molecule has 0 radical (unpaired) electrons. The van der Waals surface area contributed by atoms with E-state index in [1.54, 1.807) is 0 Å². The predicted octanol–water partition coefficient (Wildman–Crippen LogP) is 2.40. The average Bonchev–Trinajstić information content (AvgIpc) is 3.03. The van der Waals surface area contributed by atoms with E-state index in [2.05, 4.69) is 62.6 Å². The van der Waals surface area contributed by atoms with Crippen molar-refractivity contribution in [1.82, 2.24) is 10.2 Å². The lowest BCUT2D eigenvalue weighted by atomic mass is 9.91. The third kappa shape index (κ3) is 4.60. The molecule has 1 saturated heterocycles. The molecule has 0 unspecified atom stereocenters. The van der Waals surface area contributed by atoms with Gasteiger partial charge in [-0.1, -0.05) is 52.0 Å². The van der Waals surface area contributed by atoms with Gasteiger partial charge >= 0.3 is 6.03 Å². The predicted molar refractivity (Wildman–Crippen MR) is 99.2 cm³/mol. The summed E-state index contributed by atoms with van der Waals surface area (Å²) in [7, 11) is 0. The zero-order valence-electron chi connectivity index (χ0n) is 16.1. The van der Waals surface area contributed by atoms with E-state index in [9.17, 15) is 9.59 Å². The smallest absolute Gasteiger partial charge is 0.324 e. The fraction of sp³-hybridized carbons (Fsp3) is 0.600. The Morgan fingerprint density at radius 2 is 1.76 bits per heavy atom. The Kier molecular flexibility index (Phi) is 6.59. The second-order valence-electron chi connectivity index (χ2n) is 7.45. The van der Waals surface area contributed by atoms with Crippen molar-refractivity contribution in [3.05, 3.63) is 35.4 Å². The number of rotatable bonds is 7. The van der Waals surface area contributed by atoms with Gasteiger partial charge < -0.3 is 10.6 Å². The molecule has 25 heavy (non-hydrogen) atoms. The Balaban J connectivity index is 2.10. The van der Waals surface area contributed by atoms with Crippen LogP contribution in [0.25, 0.3) is 0 Å². The standard InChI is InChI=1S/C20H31N3O2/c1-6-14(4)16-7-9-17(10-8-16)18(13(2)3)22-15(5)19(24)23-12-11-21-20(23)25/h7-10,13-15,18,22H,6,11-12H2,1-5H3,(H,21,25)/p+1/t14-,15+,18+/m1/s1. The van der Waals surface area contributed by atoms with Crippen LogP contribution in [0.1, 0.15) is 64.1 Å². The molecule has 5 heteroatoms. The van der Waals surface area contributed by atoms with E-state index >= 15 is 0 Å². The first-order valence-electron chi connectivity index (χ1n) is 9.39. The summed E-state index contributed by atoms with van der Waals surface area (Å²) in [6.45, 7) is 11.7. The van der Waals surface area contributed by atoms with Crippen LogP contribution in [-0.2, 0) is 4.79 Å². The second-order valence-corrected chi connectivity index (χ2v) is 7.45. The van der Waals surface area contributed by atoms with Gasteiger partial charge in [-0.25, -0.2) is 4.79 Å². The van der Waals surface area contributed by atoms with Gasteiger partial charge in [0.1, 0.15) is 6.04 Å². The number of nitrogens with one attached hydrogen (secondary N) is 1. The van der Waals surface area contributed by atoms with Crippen LogP contribution in [0, 0.1) is 5.92 Å². The SMILES string of the molecule is CC[C@@H](C)c1ccc([C@@H]([NH2+][C@@H](C)C(=O)N2CCNC2=O)C(C)C)cc1. The third-order valence-electron chi connectivity index (χ3n) is 5.23. The lowest BCUT2D eigenvalue weighted by Crippen LogP contribution is -2.93. The van der Waals surface area contributed by atoms with E-state index in [-0.39, 0.29) is 24.0 Å². The van der Waals surface area contributed by atoms with Crippen molar-refractivity contribution in [2.75, 3.05) is 13.1 Å². The Morgan fingerprint density at radius 1 is 1.16 bits per heavy atom. The number of quaternary nitrogens is 1. The molecule has 0 aromatic heterocycles. The molecule has 138 valence electrons. The number of carbonyl (C=O) groups excluding carboxylic acids is 2. The summed E-state index contributed by atoms with van der Waals surface area (Å²) in [5, 5.41) is 4.78. The highest BCUT2D eigenvalue weighted by Gasteiger charge is 2.34. The van der Waals surface area contributed by atoms with Crippen LogP contribution < -0.4 is 10.6 Å². The van der Waals surface area contributed by atoms with Gasteiger partial charge in [-0.3, -0.25) is 9.69 Å². The van der Waals surface area contributed by atoms with Crippen molar-refractivity contribution in [2.45, 2.75) is 59.0 Å². The van der Waals surface area contributed by atoms with E-state index < -0.39 is 0 Å². The highest BCUT2D eigenvalue weighted by atomic mass is 16.2. The van der Waals surface area contributed by atoms with Gasteiger partial charge in [0.05, 0.1) is 0 Å². The molecule has 3 amide bonds. The highest BCUT2D eigenvalue weighted by molar-refractivity contribution is 5.97. The van der Waals surface area contributed by atoms with Gasteiger partial charge in [-0.15, -0.1) is 0 Å². The topological polar surface area (TPSA) is 66.0 Å². The van der Waals surface area contributed by atoms with E-state index in [0.717, 1.165) is 6.42 Å². The molecule has 1 fully saturated rings. The fourth-order valence-corrected chi connectivity index (χ4v) is 3.32. The summed E-state index contributed by atoms with van der Waals surface area (Å²) >= 11 is 0. The van der Waals surface area contributed by atoms with Crippen molar-refractivity contribution >= 4 is 11.9 Å². The summed E-state index contributed by atoms with van der Waals surface area (Å²) < 4.78 is 0. The summed E-state index contributed by atoms with van der Waals surface area (Å²) in [5.74, 6) is 0.832. The molecule has 0 saturated carbocycles. The number of hydrogen-bond donors (Lipinski definition) is 2. The fourth-order valence-electron chi connectivity index (χ4n) is 3.32. The van der Waals surface area contributed by atoms with Gasteiger partial charge in [0, 0.05) is 24.6 Å². The number of imide groups is 1. The maximum atomic E-state index is 12.6. The zero-order valence-corrected chi connectivity index (χ0v) is 16.1. The van der Waals surface area contributed by atoms with Gasteiger partial charge in [0.15, 0.2) is 6.04 Å². The van der Waals surface area contributed by atoms with Crippen LogP contribution in [0.3, 0.4) is 0 Å². The van der Waals surface area contributed by atoms with Gasteiger partial charge in [-0.05, 0) is 24.8 Å². The zero-order chi connectivity index (χ0) is 18.6. The van der Waals surface area contributed by atoms with Crippen molar-refractivity contribution in [3.63, 3.8) is 0 Å². The first kappa shape index (κ1) is 19.4. The molecule has 0 bridgehead atoms. The molecular formula is C20H32N3O2+. The first-order chi connectivity index (χ1) is 11.8. The van der Waals surface area contributed by atoms with Crippen LogP contribution in [-0.4, -0.2) is 36.0 Å². The number of hydrogen-bond acceptors (Lipinski definition) is 2. The highest BCUT2D eigenvalue weighted by Crippen LogP contribution is 2.23. The maximum absolute atomic E-state index is 12.6. The molecule has 0 aliphatic carbocycles. The minimum Gasteiger partial charge on any atom is -0.336 e. The molecule has 5 nitrogen and oxygen atoms in total. The number of nitrogens with zero attached hydrogens (tertiary/aromatic N) is 1. The van der Waals surface area contributed by atoms with Crippen molar-refractivity contribution in [3.8, 4) is 0 Å².